The minimum atomic E-state index is -0.451. The molecule has 37 heavy (non-hydrogen) atoms. The number of amides is 1. The zero-order valence-electron chi connectivity index (χ0n) is 21.0. The molecule has 0 saturated carbocycles. The van der Waals surface area contributed by atoms with Crippen LogP contribution < -0.4 is 10.6 Å². The Labute approximate surface area is 219 Å². The first kappa shape index (κ1) is 24.7. The van der Waals surface area contributed by atoms with Crippen LogP contribution in [0.2, 0.25) is 0 Å². The summed E-state index contributed by atoms with van der Waals surface area (Å²) in [5.41, 5.74) is 8.60. The van der Waals surface area contributed by atoms with Gasteiger partial charge in [0, 0.05) is 23.4 Å². The summed E-state index contributed by atoms with van der Waals surface area (Å²) < 4.78 is 5.88. The lowest BCUT2D eigenvalue weighted by molar-refractivity contribution is -0.110. The van der Waals surface area contributed by atoms with Crippen LogP contribution in [-0.2, 0) is 16.1 Å². The van der Waals surface area contributed by atoms with Crippen molar-refractivity contribution in [3.63, 3.8) is 0 Å². The first-order valence-electron chi connectivity index (χ1n) is 12.2. The number of rotatable bonds is 8. The molecule has 0 aliphatic carbocycles. The van der Waals surface area contributed by atoms with E-state index in [2.05, 4.69) is 46.5 Å². The van der Waals surface area contributed by atoms with Crippen molar-refractivity contribution in [3.8, 4) is 0 Å². The number of carbonyl (C=O) groups is 2. The van der Waals surface area contributed by atoms with Gasteiger partial charge in [-0.3, -0.25) is 9.69 Å². The highest BCUT2D eigenvalue weighted by Gasteiger charge is 2.29. The molecule has 4 aromatic rings. The van der Waals surface area contributed by atoms with Gasteiger partial charge in [0.1, 0.15) is 0 Å². The Morgan fingerprint density at radius 1 is 1.03 bits per heavy atom. The van der Waals surface area contributed by atoms with Crippen LogP contribution in [-0.4, -0.2) is 42.0 Å². The number of esters is 1. The van der Waals surface area contributed by atoms with E-state index >= 15 is 0 Å². The normalized spacial score (nSPS) is 14.0. The van der Waals surface area contributed by atoms with Crippen LogP contribution in [0.1, 0.15) is 40.9 Å². The average molecular weight is 513 g/mol. The molecular formula is C29H28N4O3S. The van der Waals surface area contributed by atoms with Crippen LogP contribution in [0.25, 0.3) is 21.5 Å². The quantitative estimate of drug-likeness (QED) is 0.227. The summed E-state index contributed by atoms with van der Waals surface area (Å²) in [6, 6.07) is 19.4. The van der Waals surface area contributed by atoms with Crippen LogP contribution in [0.5, 0.6) is 0 Å². The van der Waals surface area contributed by atoms with Crippen molar-refractivity contribution >= 4 is 56.1 Å². The van der Waals surface area contributed by atoms with Crippen molar-refractivity contribution in [2.45, 2.75) is 20.4 Å². The van der Waals surface area contributed by atoms with E-state index in [1.165, 1.54) is 12.7 Å². The van der Waals surface area contributed by atoms with Crippen molar-refractivity contribution in [2.24, 2.45) is 0 Å². The van der Waals surface area contributed by atoms with E-state index in [0.717, 1.165) is 46.7 Å². The second-order valence-corrected chi connectivity index (χ2v) is 9.66. The van der Waals surface area contributed by atoms with E-state index in [-0.39, 0.29) is 5.91 Å². The molecule has 1 amide bonds. The van der Waals surface area contributed by atoms with E-state index in [0.29, 0.717) is 22.5 Å². The molecule has 188 valence electrons. The van der Waals surface area contributed by atoms with Crippen molar-refractivity contribution < 1.29 is 14.3 Å². The second kappa shape index (κ2) is 10.5. The molecule has 0 bridgehead atoms. The molecule has 0 fully saturated rings. The molecule has 1 aliphatic heterocycles. The number of thiazole rings is 1. The number of nitrogens with zero attached hydrogens (tertiary/aromatic N) is 2. The van der Waals surface area contributed by atoms with Crippen molar-refractivity contribution in [1.29, 1.82) is 0 Å². The van der Waals surface area contributed by atoms with Gasteiger partial charge in [-0.2, -0.15) is 0 Å². The minimum absolute atomic E-state index is 0.234. The van der Waals surface area contributed by atoms with Crippen LogP contribution >= 0.6 is 11.3 Å². The Balaban J connectivity index is 1.58. The minimum Gasteiger partial charge on any atom is -0.465 e. The summed E-state index contributed by atoms with van der Waals surface area (Å²) in [7, 11) is 1.34. The molecule has 0 saturated heterocycles. The molecule has 5 rings (SSSR count). The Bertz CT molecular complexity index is 1500. The van der Waals surface area contributed by atoms with Gasteiger partial charge in [-0.25, -0.2) is 9.78 Å². The summed E-state index contributed by atoms with van der Waals surface area (Å²) in [5.74, 6) is -0.685. The van der Waals surface area contributed by atoms with Crippen LogP contribution in [0.15, 0.2) is 66.2 Å². The molecule has 2 heterocycles. The van der Waals surface area contributed by atoms with Gasteiger partial charge >= 0.3 is 5.97 Å². The maximum atomic E-state index is 13.3. The van der Waals surface area contributed by atoms with Crippen molar-refractivity contribution in [3.05, 3.63) is 88.4 Å². The number of benzene rings is 3. The maximum Gasteiger partial charge on any atom is 0.337 e. The summed E-state index contributed by atoms with van der Waals surface area (Å²) in [6.45, 7) is 7.21. The van der Waals surface area contributed by atoms with Gasteiger partial charge in [0.2, 0.25) is 0 Å². The molecule has 2 N–H and O–H groups in total. The number of anilines is 2. The molecule has 7 nitrogen and oxygen atoms in total. The fourth-order valence-corrected chi connectivity index (χ4v) is 5.21. The summed E-state index contributed by atoms with van der Waals surface area (Å²) in [5, 5.41) is 6.44. The highest BCUT2D eigenvalue weighted by atomic mass is 32.1. The summed E-state index contributed by atoms with van der Waals surface area (Å²) in [4.78, 5) is 32.1. The second-order valence-electron chi connectivity index (χ2n) is 8.77. The monoisotopic (exact) mass is 512 g/mol. The van der Waals surface area contributed by atoms with Gasteiger partial charge in [0.25, 0.3) is 5.91 Å². The third-order valence-electron chi connectivity index (χ3n) is 6.58. The first-order valence-corrected chi connectivity index (χ1v) is 13.1. The van der Waals surface area contributed by atoms with E-state index in [1.54, 1.807) is 29.5 Å². The van der Waals surface area contributed by atoms with E-state index < -0.39 is 5.97 Å². The Hall–Kier alpha value is -4.01. The van der Waals surface area contributed by atoms with Crippen LogP contribution in [0, 0.1) is 0 Å². The fraction of sp³-hybridized carbons (Fsp3) is 0.207. The number of carbonyl (C=O) groups excluding carboxylic acids is 2. The number of methoxy groups -OCH3 is 1. The largest absolute Gasteiger partial charge is 0.465 e. The molecular weight excluding hydrogens is 484 g/mol. The third-order valence-corrected chi connectivity index (χ3v) is 7.37. The number of hydrogen-bond donors (Lipinski definition) is 2. The van der Waals surface area contributed by atoms with Gasteiger partial charge in [0.05, 0.1) is 45.4 Å². The van der Waals surface area contributed by atoms with Crippen LogP contribution in [0.3, 0.4) is 0 Å². The smallest absolute Gasteiger partial charge is 0.337 e. The number of hydrogen-bond acceptors (Lipinski definition) is 7. The predicted molar refractivity (Wildman–Crippen MR) is 150 cm³/mol. The topological polar surface area (TPSA) is 83.6 Å². The standard InChI is InChI=1S/C29H28N4O3S/c1-4-33(5-2)16-18-6-10-21(11-7-18)31-27(19-9-13-23-25(15-19)37-17-30-23)26-22-12-8-20(29(35)36-3)14-24(22)32-28(26)34/h6-15,17,31H,4-5,16H2,1-3H3,(H,32,34)/b27-26-. The summed E-state index contributed by atoms with van der Waals surface area (Å²) in [6.07, 6.45) is 0. The number of nitrogens with one attached hydrogen (secondary N) is 2. The maximum absolute atomic E-state index is 13.3. The molecule has 1 aromatic heterocycles. The van der Waals surface area contributed by atoms with Gasteiger partial charge in [-0.15, -0.1) is 11.3 Å². The first-order chi connectivity index (χ1) is 18.0. The Morgan fingerprint density at radius 3 is 2.51 bits per heavy atom. The van der Waals surface area contributed by atoms with Gasteiger partial charge < -0.3 is 15.4 Å². The van der Waals surface area contributed by atoms with Crippen molar-refractivity contribution in [1.82, 2.24) is 9.88 Å². The predicted octanol–water partition coefficient (Wildman–Crippen LogP) is 5.86. The number of fused-ring (bicyclic) bond motifs is 2. The van der Waals surface area contributed by atoms with Gasteiger partial charge in [-0.05, 0) is 55.1 Å². The number of ether oxygens (including phenoxy) is 1. The Morgan fingerprint density at radius 2 is 1.78 bits per heavy atom. The lowest BCUT2D eigenvalue weighted by atomic mass is 9.98. The third kappa shape index (κ3) is 4.98. The Kier molecular flexibility index (Phi) is 7.03. The van der Waals surface area contributed by atoms with Crippen molar-refractivity contribution in [2.75, 3.05) is 30.8 Å². The van der Waals surface area contributed by atoms with Gasteiger partial charge in [-0.1, -0.05) is 38.1 Å². The lowest BCUT2D eigenvalue weighted by Gasteiger charge is -2.19. The summed E-state index contributed by atoms with van der Waals surface area (Å²) >= 11 is 1.56. The molecule has 0 spiro atoms. The molecule has 1 aliphatic rings. The molecule has 3 aromatic carbocycles. The molecule has 0 unspecified atom stereocenters. The highest BCUT2D eigenvalue weighted by Crippen LogP contribution is 2.39. The van der Waals surface area contributed by atoms with E-state index in [1.807, 2.05) is 35.8 Å². The zero-order valence-corrected chi connectivity index (χ0v) is 21.8. The fourth-order valence-electron chi connectivity index (χ4n) is 4.50. The molecule has 0 atom stereocenters. The van der Waals surface area contributed by atoms with E-state index in [9.17, 15) is 9.59 Å². The van der Waals surface area contributed by atoms with E-state index in [4.69, 9.17) is 4.74 Å². The highest BCUT2D eigenvalue weighted by molar-refractivity contribution is 7.16. The molecule has 0 radical (unpaired) electrons. The van der Waals surface area contributed by atoms with Crippen LogP contribution in [0.4, 0.5) is 11.4 Å². The SMILES string of the molecule is CCN(CC)Cc1ccc(N/C(=C2\C(=O)Nc3cc(C(=O)OC)ccc32)c2ccc3ncsc3c2)cc1. The number of aromatic nitrogens is 1. The van der Waals surface area contributed by atoms with Gasteiger partial charge in [0.15, 0.2) is 0 Å². The molecule has 8 heteroatoms. The lowest BCUT2D eigenvalue weighted by Crippen LogP contribution is -2.22. The zero-order chi connectivity index (χ0) is 25.9. The average Bonchev–Trinajstić information content (AvgIpc) is 3.53.